The Morgan fingerprint density at radius 3 is 1.55 bits per heavy atom. The molecule has 0 aliphatic heterocycles. The summed E-state index contributed by atoms with van der Waals surface area (Å²) in [5.41, 5.74) is 5.04. The van der Waals surface area contributed by atoms with E-state index in [2.05, 4.69) is 38.1 Å². The van der Waals surface area contributed by atoms with Gasteiger partial charge in [0, 0.05) is 21.5 Å². The highest BCUT2D eigenvalue weighted by Crippen LogP contribution is 2.35. The predicted octanol–water partition coefficient (Wildman–Crippen LogP) is 8.05. The Kier molecular flexibility index (Phi) is 5.56. The van der Waals surface area contributed by atoms with Crippen molar-refractivity contribution in [2.45, 2.75) is 0 Å². The molecule has 0 saturated carbocycles. The van der Waals surface area contributed by atoms with Crippen LogP contribution >= 0.6 is 0 Å². The summed E-state index contributed by atoms with van der Waals surface area (Å²) in [5.74, 6) is 0. The van der Waals surface area contributed by atoms with Gasteiger partial charge in [0.05, 0.1) is 28.7 Å². The van der Waals surface area contributed by atoms with Gasteiger partial charge in [-0.05, 0) is 80.2 Å². The maximum atomic E-state index is 9.62. The predicted molar refractivity (Wildman–Crippen MR) is 164 cm³/mol. The smallest absolute Gasteiger partial charge is 0.206 e. The molecular formula is C36H16N6. The third-order valence-corrected chi connectivity index (χ3v) is 7.79. The molecular weight excluding hydrogens is 516 g/mol. The van der Waals surface area contributed by atoms with Crippen LogP contribution < -0.4 is 10.7 Å². The van der Waals surface area contributed by atoms with E-state index < -0.39 is 0 Å². The molecule has 0 amide bonds. The van der Waals surface area contributed by atoms with Gasteiger partial charge in [-0.1, -0.05) is 60.7 Å². The van der Waals surface area contributed by atoms with Crippen molar-refractivity contribution in [3.05, 3.63) is 136 Å². The maximum Gasteiger partial charge on any atom is 0.206 e. The molecule has 0 heterocycles. The molecule has 0 spiro atoms. The fourth-order valence-corrected chi connectivity index (χ4v) is 5.83. The van der Waals surface area contributed by atoms with E-state index in [1.54, 1.807) is 24.3 Å². The Bertz CT molecular complexity index is 2350. The van der Waals surface area contributed by atoms with Crippen molar-refractivity contribution in [1.29, 1.82) is 10.5 Å². The topological polar surface area (TPSA) is 81.0 Å². The zero-order valence-corrected chi connectivity index (χ0v) is 21.9. The van der Waals surface area contributed by atoms with Gasteiger partial charge in [0.2, 0.25) is 6.19 Å². The van der Waals surface area contributed by atoms with E-state index in [-0.39, 0.29) is 0 Å². The minimum atomic E-state index is 0.580. The molecule has 0 aliphatic rings. The van der Waals surface area contributed by atoms with Crippen LogP contribution in [0.5, 0.6) is 0 Å². The summed E-state index contributed by atoms with van der Waals surface area (Å²) >= 11 is 0. The van der Waals surface area contributed by atoms with Gasteiger partial charge in [0.1, 0.15) is 0 Å². The molecule has 0 bridgehead atoms. The second-order valence-corrected chi connectivity index (χ2v) is 9.92. The first kappa shape index (κ1) is 24.4. The molecule has 0 atom stereocenters. The monoisotopic (exact) mass is 532 g/mol. The fraction of sp³-hybridized carbons (Fsp3) is 0. The number of benzene rings is 5. The molecule has 6 nitrogen and oxygen atoms in total. The third-order valence-electron chi connectivity index (χ3n) is 7.79. The Morgan fingerprint density at radius 1 is 0.524 bits per heavy atom. The van der Waals surface area contributed by atoms with E-state index in [1.807, 2.05) is 66.9 Å². The molecule has 190 valence electrons. The average molecular weight is 533 g/mol. The Labute approximate surface area is 239 Å². The van der Waals surface area contributed by atoms with Gasteiger partial charge in [0.15, 0.2) is 11.0 Å². The molecule has 0 aromatic heterocycles. The van der Waals surface area contributed by atoms with E-state index in [4.69, 9.17) is 18.4 Å². The highest BCUT2D eigenvalue weighted by molar-refractivity contribution is 6.21. The van der Waals surface area contributed by atoms with Crippen LogP contribution in [0.1, 0.15) is 5.56 Å². The van der Waals surface area contributed by atoms with Crippen LogP contribution in [0.25, 0.3) is 75.1 Å². The lowest BCUT2D eigenvalue weighted by Gasteiger charge is -2.03. The molecule has 0 aliphatic carbocycles. The summed E-state index contributed by atoms with van der Waals surface area (Å²) in [6, 6.07) is 33.3. The quantitative estimate of drug-likeness (QED) is 0.128. The fourth-order valence-electron chi connectivity index (χ4n) is 5.83. The zero-order chi connectivity index (χ0) is 28.8. The van der Waals surface area contributed by atoms with E-state index in [0.29, 0.717) is 22.0 Å². The molecule has 0 fully saturated rings. The van der Waals surface area contributed by atoms with Crippen LogP contribution in [0.15, 0.2) is 107 Å². The van der Waals surface area contributed by atoms with E-state index in [9.17, 15) is 5.26 Å². The van der Waals surface area contributed by atoms with Gasteiger partial charge in [-0.15, -0.1) is 4.95 Å². The minimum Gasteiger partial charge on any atom is -0.238 e. The Balaban J connectivity index is 1.51. The normalized spacial score (nSPS) is 12.0. The van der Waals surface area contributed by atoms with Crippen LogP contribution in [0.3, 0.4) is 0 Å². The summed E-state index contributed by atoms with van der Waals surface area (Å²) in [6.07, 6.45) is 1.99. The lowest BCUT2D eigenvalue weighted by atomic mass is 10.0. The number of rotatable bonds is 2. The standard InChI is InChI=1S/C36H16N6/c1-39-26-11-7-23(8-12-26)25-10-14-28-30-17-33-29(18-34(30)36(42-40-2)32(28)16-25)27-13-9-24(15-31(27)35(33)41-20-38)22-5-3-21(19-37)4-6-22/h3-18H/b41-35?,42-36-. The van der Waals surface area contributed by atoms with Crippen molar-refractivity contribution in [1.82, 2.24) is 0 Å². The van der Waals surface area contributed by atoms with E-state index >= 15 is 0 Å². The molecule has 0 saturated heterocycles. The van der Waals surface area contributed by atoms with Gasteiger partial charge < -0.3 is 0 Å². The van der Waals surface area contributed by atoms with Gasteiger partial charge in [-0.2, -0.15) is 22.1 Å². The highest BCUT2D eigenvalue weighted by atomic mass is 15.2. The molecule has 0 N–H and O–H groups in total. The highest BCUT2D eigenvalue weighted by Gasteiger charge is 2.17. The van der Waals surface area contributed by atoms with Crippen LogP contribution in [0.2, 0.25) is 0 Å². The molecule has 6 heteroatoms. The number of nitriles is 2. The molecule has 0 radical (unpaired) electrons. The lowest BCUT2D eigenvalue weighted by molar-refractivity contribution is 1.37. The molecule has 7 rings (SSSR count). The van der Waals surface area contributed by atoms with Crippen molar-refractivity contribution >= 4 is 48.8 Å². The van der Waals surface area contributed by atoms with Gasteiger partial charge in [-0.3, -0.25) is 0 Å². The summed E-state index contributed by atoms with van der Waals surface area (Å²) in [6.45, 7) is 14.8. The third kappa shape index (κ3) is 3.70. The van der Waals surface area contributed by atoms with Crippen LogP contribution in [0.4, 0.5) is 5.69 Å². The number of fused-ring (bicyclic) bond motifs is 6. The SMILES string of the molecule is [C-]#[N+]/N=c1/c2cc(-c3ccc([N+]#[C-])cc3)ccc2c2cc3c(=NC#N)c4cc(-c5ccc(C#N)cc5)ccc4c3cc12. The maximum absolute atomic E-state index is 9.62. The van der Waals surface area contributed by atoms with Crippen molar-refractivity contribution < 1.29 is 0 Å². The summed E-state index contributed by atoms with van der Waals surface area (Å²) in [7, 11) is 0. The lowest BCUT2D eigenvalue weighted by Crippen LogP contribution is -1.99. The Morgan fingerprint density at radius 2 is 1.02 bits per heavy atom. The van der Waals surface area contributed by atoms with Crippen molar-refractivity contribution in [2.75, 3.05) is 0 Å². The van der Waals surface area contributed by atoms with Crippen LogP contribution in [0, 0.1) is 35.9 Å². The zero-order valence-electron chi connectivity index (χ0n) is 21.9. The van der Waals surface area contributed by atoms with E-state index in [0.717, 1.165) is 65.3 Å². The number of hydrogen-bond acceptors (Lipinski definition) is 4. The minimum absolute atomic E-state index is 0.580. The van der Waals surface area contributed by atoms with Gasteiger partial charge in [0.25, 0.3) is 0 Å². The Hall–Kier alpha value is -6.60. The number of hydrogen-bond donors (Lipinski definition) is 0. The van der Waals surface area contributed by atoms with Gasteiger partial charge in [-0.25, -0.2) is 4.85 Å². The van der Waals surface area contributed by atoms with Crippen molar-refractivity contribution in [2.24, 2.45) is 10.1 Å². The molecule has 42 heavy (non-hydrogen) atoms. The van der Waals surface area contributed by atoms with E-state index in [1.165, 1.54) is 0 Å². The molecule has 7 aromatic carbocycles. The molecule has 7 aromatic rings. The van der Waals surface area contributed by atoms with Crippen molar-refractivity contribution in [3.63, 3.8) is 0 Å². The van der Waals surface area contributed by atoms with Crippen molar-refractivity contribution in [3.8, 4) is 34.5 Å². The first-order valence-corrected chi connectivity index (χ1v) is 13.0. The second kappa shape index (κ2) is 9.55. The number of nitrogens with zero attached hydrogens (tertiary/aromatic N) is 6. The molecule has 0 unspecified atom stereocenters. The van der Waals surface area contributed by atoms with Crippen LogP contribution in [-0.2, 0) is 0 Å². The summed E-state index contributed by atoms with van der Waals surface area (Å²) in [5, 5.41) is 31.5. The van der Waals surface area contributed by atoms with Crippen LogP contribution in [-0.4, -0.2) is 0 Å². The van der Waals surface area contributed by atoms with Gasteiger partial charge >= 0.3 is 0 Å². The second-order valence-electron chi connectivity index (χ2n) is 9.92. The first-order chi connectivity index (χ1) is 20.6. The summed E-state index contributed by atoms with van der Waals surface area (Å²) < 4.78 is 0. The average Bonchev–Trinajstić information content (AvgIpc) is 3.51. The first-order valence-electron chi connectivity index (χ1n) is 13.0. The largest absolute Gasteiger partial charge is 0.238 e. The summed E-state index contributed by atoms with van der Waals surface area (Å²) in [4.78, 5) is 11.1.